The Kier molecular flexibility index (Phi) is 2.80. The van der Waals surface area contributed by atoms with Crippen molar-refractivity contribution in [2.24, 2.45) is 4.99 Å². The first kappa shape index (κ1) is 10.9. The summed E-state index contributed by atoms with van der Waals surface area (Å²) in [6, 6.07) is -0.243. The monoisotopic (exact) mass is 225 g/mol. The molecule has 2 rings (SSSR count). The van der Waals surface area contributed by atoms with Gasteiger partial charge in [0.05, 0.1) is 32.1 Å². The number of ketones is 1. The summed E-state index contributed by atoms with van der Waals surface area (Å²) in [6.45, 7) is 0.975. The Bertz CT molecular complexity index is 342. The van der Waals surface area contributed by atoms with Crippen molar-refractivity contribution in [2.75, 3.05) is 27.2 Å². The number of Topliss-reactive ketones (excluding diaryl/α,β-unsaturated/α-hetero) is 1. The van der Waals surface area contributed by atoms with Gasteiger partial charge in [-0.3, -0.25) is 14.7 Å². The van der Waals surface area contributed by atoms with Crippen LogP contribution in [-0.2, 0) is 9.53 Å². The molecule has 88 valence electrons. The maximum absolute atomic E-state index is 11.4. The van der Waals surface area contributed by atoms with Crippen molar-refractivity contribution in [1.82, 2.24) is 9.80 Å². The Morgan fingerprint density at radius 1 is 1.69 bits per heavy atom. The average molecular weight is 225 g/mol. The Labute approximate surface area is 93.9 Å². The fourth-order valence-electron chi connectivity index (χ4n) is 2.04. The van der Waals surface area contributed by atoms with Gasteiger partial charge in [0.15, 0.2) is 5.78 Å². The fraction of sp³-hybridized carbons (Fsp3) is 0.700. The third-order valence-electron chi connectivity index (χ3n) is 2.95. The molecule has 1 fully saturated rings. The molecule has 6 heteroatoms. The molecule has 0 aliphatic carbocycles. The van der Waals surface area contributed by atoms with Crippen molar-refractivity contribution < 1.29 is 14.3 Å². The van der Waals surface area contributed by atoms with Gasteiger partial charge in [0.2, 0.25) is 0 Å². The van der Waals surface area contributed by atoms with Gasteiger partial charge in [-0.2, -0.15) is 0 Å². The first-order valence-electron chi connectivity index (χ1n) is 5.22. The molecular weight excluding hydrogens is 210 g/mol. The van der Waals surface area contributed by atoms with E-state index in [1.807, 2.05) is 11.9 Å². The summed E-state index contributed by atoms with van der Waals surface area (Å²) in [4.78, 5) is 30.4. The van der Waals surface area contributed by atoms with E-state index >= 15 is 0 Å². The molecule has 16 heavy (non-hydrogen) atoms. The number of aliphatic imine (C=N–C) groups is 1. The molecule has 1 saturated heterocycles. The number of likely N-dealkylation sites (tertiary alicyclic amines) is 1. The van der Waals surface area contributed by atoms with Crippen LogP contribution in [0, 0.1) is 0 Å². The molecule has 2 aliphatic heterocycles. The molecule has 1 amide bonds. The lowest BCUT2D eigenvalue weighted by molar-refractivity contribution is -0.134. The largest absolute Gasteiger partial charge is 0.453 e. The van der Waals surface area contributed by atoms with E-state index in [0.29, 0.717) is 6.42 Å². The summed E-state index contributed by atoms with van der Waals surface area (Å²) in [5.41, 5.74) is 0. The maximum Gasteiger partial charge on any atom is 0.410 e. The van der Waals surface area contributed by atoms with Crippen LogP contribution < -0.4 is 0 Å². The Balaban J connectivity index is 1.91. The van der Waals surface area contributed by atoms with Crippen molar-refractivity contribution in [3.63, 3.8) is 0 Å². The average Bonchev–Trinajstić information content (AvgIpc) is 2.67. The van der Waals surface area contributed by atoms with Gasteiger partial charge < -0.3 is 9.64 Å². The molecule has 2 aliphatic rings. The summed E-state index contributed by atoms with van der Waals surface area (Å²) in [5, 5.41) is 0. The van der Waals surface area contributed by atoms with Crippen LogP contribution in [0.4, 0.5) is 4.79 Å². The number of amides is 1. The third-order valence-corrected chi connectivity index (χ3v) is 2.95. The summed E-state index contributed by atoms with van der Waals surface area (Å²) in [5.74, 6) is 0.0927. The van der Waals surface area contributed by atoms with Crippen LogP contribution in [0.15, 0.2) is 4.99 Å². The lowest BCUT2D eigenvalue weighted by atomic mass is 9.95. The SMILES string of the molecule is COC(=O)N1CC(=O)[C@@H]1CC1CN(C)C=N1. The zero-order valence-corrected chi connectivity index (χ0v) is 9.42. The van der Waals surface area contributed by atoms with E-state index in [4.69, 9.17) is 0 Å². The second-order valence-electron chi connectivity index (χ2n) is 4.17. The molecule has 0 aromatic carbocycles. The molecule has 6 nitrogen and oxygen atoms in total. The minimum Gasteiger partial charge on any atom is -0.453 e. The number of hydrogen-bond donors (Lipinski definition) is 0. The van der Waals surface area contributed by atoms with Gasteiger partial charge in [0.1, 0.15) is 0 Å². The van der Waals surface area contributed by atoms with Gasteiger partial charge in [-0.15, -0.1) is 0 Å². The van der Waals surface area contributed by atoms with Gasteiger partial charge in [0.25, 0.3) is 0 Å². The maximum atomic E-state index is 11.4. The zero-order chi connectivity index (χ0) is 11.7. The second-order valence-corrected chi connectivity index (χ2v) is 4.17. The summed E-state index contributed by atoms with van der Waals surface area (Å²) >= 11 is 0. The highest BCUT2D eigenvalue weighted by molar-refractivity contribution is 5.97. The smallest absolute Gasteiger partial charge is 0.410 e. The lowest BCUT2D eigenvalue weighted by Gasteiger charge is -2.38. The van der Waals surface area contributed by atoms with Gasteiger partial charge >= 0.3 is 6.09 Å². The Morgan fingerprint density at radius 2 is 2.44 bits per heavy atom. The molecule has 0 radical (unpaired) electrons. The second kappa shape index (κ2) is 4.11. The molecule has 0 bridgehead atoms. The van der Waals surface area contributed by atoms with Gasteiger partial charge in [-0.25, -0.2) is 4.79 Å². The number of ether oxygens (including phenoxy) is 1. The van der Waals surface area contributed by atoms with E-state index in [1.165, 1.54) is 12.0 Å². The molecule has 0 spiro atoms. The number of nitrogens with zero attached hydrogens (tertiary/aromatic N) is 3. The molecule has 0 saturated carbocycles. The quantitative estimate of drug-likeness (QED) is 0.649. The highest BCUT2D eigenvalue weighted by Crippen LogP contribution is 2.22. The Hall–Kier alpha value is -1.59. The Morgan fingerprint density at radius 3 is 2.94 bits per heavy atom. The molecular formula is C10H15N3O3. The summed E-state index contributed by atoms with van der Waals surface area (Å²) in [7, 11) is 3.26. The van der Waals surface area contributed by atoms with Gasteiger partial charge in [0, 0.05) is 13.6 Å². The van der Waals surface area contributed by atoms with E-state index in [-0.39, 0.29) is 24.4 Å². The normalized spacial score (nSPS) is 28.2. The zero-order valence-electron chi connectivity index (χ0n) is 9.42. The highest BCUT2D eigenvalue weighted by atomic mass is 16.5. The van der Waals surface area contributed by atoms with Crippen molar-refractivity contribution in [3.05, 3.63) is 0 Å². The first-order chi connectivity index (χ1) is 7.61. The number of rotatable bonds is 2. The predicted molar refractivity (Wildman–Crippen MR) is 57.4 cm³/mol. The number of likely N-dealkylation sites (N-methyl/N-ethyl adjacent to an activating group) is 1. The predicted octanol–water partition coefficient (Wildman–Crippen LogP) is -0.261. The molecule has 2 heterocycles. The highest BCUT2D eigenvalue weighted by Gasteiger charge is 2.42. The van der Waals surface area contributed by atoms with Crippen LogP contribution in [0.1, 0.15) is 6.42 Å². The number of methoxy groups -OCH3 is 1. The summed E-state index contributed by atoms with van der Waals surface area (Å²) in [6.07, 6.45) is 1.92. The standard InChI is InChI=1S/C10H15N3O3/c1-12-4-7(11-6-12)3-8-9(14)5-13(8)10(15)16-2/h6-8H,3-5H2,1-2H3/t7?,8-/m0/s1. The van der Waals surface area contributed by atoms with E-state index in [9.17, 15) is 9.59 Å². The van der Waals surface area contributed by atoms with E-state index in [1.54, 1.807) is 6.34 Å². The van der Waals surface area contributed by atoms with E-state index in [0.717, 1.165) is 6.54 Å². The van der Waals surface area contributed by atoms with E-state index < -0.39 is 6.09 Å². The van der Waals surface area contributed by atoms with Crippen LogP contribution in [0.5, 0.6) is 0 Å². The van der Waals surface area contributed by atoms with Crippen molar-refractivity contribution >= 4 is 18.2 Å². The number of hydrogen-bond acceptors (Lipinski definition) is 5. The minimum absolute atomic E-state index is 0.0927. The van der Waals surface area contributed by atoms with Crippen LogP contribution >= 0.6 is 0 Å². The topological polar surface area (TPSA) is 62.2 Å². The molecule has 0 aromatic heterocycles. The van der Waals surface area contributed by atoms with Crippen molar-refractivity contribution in [2.45, 2.75) is 18.5 Å². The first-order valence-corrected chi connectivity index (χ1v) is 5.22. The van der Waals surface area contributed by atoms with Crippen LogP contribution in [0.25, 0.3) is 0 Å². The van der Waals surface area contributed by atoms with Crippen LogP contribution in [0.3, 0.4) is 0 Å². The molecule has 1 unspecified atom stereocenters. The van der Waals surface area contributed by atoms with Crippen molar-refractivity contribution in [3.8, 4) is 0 Å². The fourth-order valence-corrected chi connectivity index (χ4v) is 2.04. The summed E-state index contributed by atoms with van der Waals surface area (Å²) < 4.78 is 4.60. The van der Waals surface area contributed by atoms with Crippen LogP contribution in [0.2, 0.25) is 0 Å². The van der Waals surface area contributed by atoms with Crippen molar-refractivity contribution in [1.29, 1.82) is 0 Å². The number of carbonyl (C=O) groups is 2. The molecule has 0 N–H and O–H groups in total. The van der Waals surface area contributed by atoms with Crippen LogP contribution in [-0.4, -0.2) is 67.3 Å². The molecule has 2 atom stereocenters. The number of carbonyl (C=O) groups excluding carboxylic acids is 2. The van der Waals surface area contributed by atoms with E-state index in [2.05, 4.69) is 9.73 Å². The minimum atomic E-state index is -0.431. The third kappa shape index (κ3) is 1.87. The molecule has 0 aromatic rings. The van der Waals surface area contributed by atoms with Gasteiger partial charge in [-0.1, -0.05) is 0 Å². The lowest BCUT2D eigenvalue weighted by Crippen LogP contribution is -2.60. The van der Waals surface area contributed by atoms with Gasteiger partial charge in [-0.05, 0) is 6.42 Å².